The highest BCUT2D eigenvalue weighted by atomic mass is 32.3. The van der Waals surface area contributed by atoms with Crippen molar-refractivity contribution in [2.45, 2.75) is 39.7 Å². The maximum absolute atomic E-state index is 14.1. The molecule has 1 aliphatic carbocycles. The van der Waals surface area contributed by atoms with E-state index in [0.717, 1.165) is 5.56 Å². The van der Waals surface area contributed by atoms with E-state index in [0.29, 0.717) is 12.2 Å². The summed E-state index contributed by atoms with van der Waals surface area (Å²) in [6, 6.07) is 25.1. The molecule has 0 spiro atoms. The lowest BCUT2D eigenvalue weighted by atomic mass is 9.91. The molecule has 2 atom stereocenters. The van der Waals surface area contributed by atoms with Gasteiger partial charge in [0.1, 0.15) is 0 Å². The van der Waals surface area contributed by atoms with Gasteiger partial charge in [-0.3, -0.25) is 0 Å². The van der Waals surface area contributed by atoms with Crippen LogP contribution in [0.3, 0.4) is 0 Å². The van der Waals surface area contributed by atoms with Crippen LogP contribution in [0.2, 0.25) is 0 Å². The first-order chi connectivity index (χ1) is 16.2. The average molecular weight is 497 g/mol. The van der Waals surface area contributed by atoms with Gasteiger partial charge in [-0.1, -0.05) is 78.9 Å². The van der Waals surface area contributed by atoms with Crippen molar-refractivity contribution in [3.05, 3.63) is 109 Å². The van der Waals surface area contributed by atoms with Gasteiger partial charge in [-0.05, 0) is 43.2 Å². The van der Waals surface area contributed by atoms with Crippen LogP contribution >= 0.6 is 0 Å². The van der Waals surface area contributed by atoms with Crippen LogP contribution in [0.1, 0.15) is 31.4 Å². The highest BCUT2D eigenvalue weighted by Gasteiger charge is 2.62. The summed E-state index contributed by atoms with van der Waals surface area (Å²) in [5, 5.41) is 0. The molecule has 1 aliphatic rings. The fourth-order valence-electron chi connectivity index (χ4n) is 4.80. The Morgan fingerprint density at radius 1 is 0.824 bits per heavy atom. The Bertz CT molecular complexity index is 1280. The summed E-state index contributed by atoms with van der Waals surface area (Å²) < 4.78 is 60.5. The largest absolute Gasteiger partial charge is 0.373 e. The summed E-state index contributed by atoms with van der Waals surface area (Å²) in [5.74, 6) is -0.487. The predicted octanol–water partition coefficient (Wildman–Crippen LogP) is 5.37. The van der Waals surface area contributed by atoms with Gasteiger partial charge < -0.3 is 4.74 Å². The van der Waals surface area contributed by atoms with E-state index < -0.39 is 35.8 Å². The Morgan fingerprint density at radius 2 is 1.26 bits per heavy atom. The zero-order valence-corrected chi connectivity index (χ0v) is 20.6. The van der Waals surface area contributed by atoms with Gasteiger partial charge in [-0.2, -0.15) is 0 Å². The van der Waals surface area contributed by atoms with Gasteiger partial charge in [-0.25, -0.2) is 16.8 Å². The second-order valence-electron chi connectivity index (χ2n) is 8.48. The van der Waals surface area contributed by atoms with Crippen LogP contribution in [0.25, 0.3) is 0 Å². The van der Waals surface area contributed by atoms with E-state index >= 15 is 0 Å². The molecule has 1 saturated carbocycles. The molecule has 34 heavy (non-hydrogen) atoms. The van der Waals surface area contributed by atoms with Crippen molar-refractivity contribution in [1.82, 2.24) is 0 Å². The number of hydrogen-bond acceptors (Lipinski definition) is 5. The fraction of sp³-hybridized carbons (Fsp3) is 0.259. The minimum absolute atomic E-state index is 0.0179. The SMILES string of the molecule is C=C1CC(S(=O)(=O)c2ccccc2)(S(=O)(=O)c2ccccc2)C[C@@H]1[C@@H](OCC)c1ccccc1. The van der Waals surface area contributed by atoms with Crippen molar-refractivity contribution in [2.24, 2.45) is 5.92 Å². The molecular formula is C27H28O5S2. The van der Waals surface area contributed by atoms with Crippen molar-refractivity contribution in [1.29, 1.82) is 0 Å². The molecule has 7 heteroatoms. The van der Waals surface area contributed by atoms with E-state index in [2.05, 4.69) is 6.58 Å². The molecule has 178 valence electrons. The Kier molecular flexibility index (Phi) is 6.80. The molecule has 0 radical (unpaired) electrons. The molecule has 3 aromatic rings. The molecule has 1 fully saturated rings. The molecule has 0 N–H and O–H groups in total. The molecule has 3 aromatic carbocycles. The number of ether oxygens (including phenoxy) is 1. The highest BCUT2D eigenvalue weighted by Crippen LogP contribution is 2.55. The van der Waals surface area contributed by atoms with Crippen LogP contribution in [0, 0.1) is 5.92 Å². The van der Waals surface area contributed by atoms with E-state index in [9.17, 15) is 16.8 Å². The van der Waals surface area contributed by atoms with E-state index in [4.69, 9.17) is 4.74 Å². The van der Waals surface area contributed by atoms with Crippen molar-refractivity contribution in [3.8, 4) is 0 Å². The monoisotopic (exact) mass is 496 g/mol. The Morgan fingerprint density at radius 3 is 1.71 bits per heavy atom. The van der Waals surface area contributed by atoms with E-state index in [1.54, 1.807) is 36.4 Å². The first-order valence-corrected chi connectivity index (χ1v) is 14.1. The standard InChI is InChI=1S/C27H28O5S2/c1-3-32-26(22-13-7-4-8-14-22)25-20-27(19-21(25)2,33(28,29)23-15-9-5-10-16-23)34(30,31)24-17-11-6-12-18-24/h4-18,25-26H,2-3,19-20H2,1H3/t25-,26-/m0/s1. The first-order valence-electron chi connectivity index (χ1n) is 11.2. The van der Waals surface area contributed by atoms with E-state index in [1.165, 1.54) is 24.3 Å². The fourth-order valence-corrected chi connectivity index (χ4v) is 9.97. The molecule has 5 nitrogen and oxygen atoms in total. The molecule has 4 rings (SSSR count). The van der Waals surface area contributed by atoms with Crippen molar-refractivity contribution < 1.29 is 21.6 Å². The molecule has 0 aliphatic heterocycles. The third-order valence-corrected chi connectivity index (χ3v) is 12.2. The molecule has 0 aromatic heterocycles. The van der Waals surface area contributed by atoms with Gasteiger partial charge >= 0.3 is 0 Å². The summed E-state index contributed by atoms with van der Waals surface area (Å²) in [6.07, 6.45) is -0.833. The van der Waals surface area contributed by atoms with Gasteiger partial charge in [0.05, 0.1) is 15.9 Å². The minimum Gasteiger partial charge on any atom is -0.373 e. The van der Waals surface area contributed by atoms with Gasteiger partial charge in [0.2, 0.25) is 0 Å². The molecule has 0 bridgehead atoms. The second-order valence-corrected chi connectivity index (χ2v) is 13.3. The number of benzene rings is 3. The van der Waals surface area contributed by atoms with Crippen LogP contribution in [0.4, 0.5) is 0 Å². The summed E-state index contributed by atoms with van der Waals surface area (Å²) in [6.45, 7) is 6.42. The van der Waals surface area contributed by atoms with Crippen molar-refractivity contribution >= 4 is 19.7 Å². The predicted molar refractivity (Wildman–Crippen MR) is 133 cm³/mol. The summed E-state index contributed by atoms with van der Waals surface area (Å²) in [5.41, 5.74) is 1.42. The van der Waals surface area contributed by atoms with Gasteiger partial charge in [0, 0.05) is 18.9 Å². The number of sulfone groups is 2. The smallest absolute Gasteiger partial charge is 0.199 e. The maximum atomic E-state index is 14.1. The summed E-state index contributed by atoms with van der Waals surface area (Å²) in [7, 11) is -8.61. The maximum Gasteiger partial charge on any atom is 0.199 e. The van der Waals surface area contributed by atoms with Crippen LogP contribution < -0.4 is 0 Å². The second kappa shape index (κ2) is 9.49. The normalized spacial score (nSPS) is 19.1. The number of hydrogen-bond donors (Lipinski definition) is 0. The lowest BCUT2D eigenvalue weighted by molar-refractivity contribution is 0.0308. The lowest BCUT2D eigenvalue weighted by Gasteiger charge is -2.30. The third kappa shape index (κ3) is 4.02. The highest BCUT2D eigenvalue weighted by molar-refractivity contribution is 8.10. The average Bonchev–Trinajstić information content (AvgIpc) is 3.23. The molecule has 0 amide bonds. The Balaban J connectivity index is 1.91. The van der Waals surface area contributed by atoms with Crippen LogP contribution in [-0.4, -0.2) is 27.5 Å². The van der Waals surface area contributed by atoms with E-state index in [-0.39, 0.29) is 22.6 Å². The van der Waals surface area contributed by atoms with Crippen LogP contribution in [0.15, 0.2) is 113 Å². The van der Waals surface area contributed by atoms with E-state index in [1.807, 2.05) is 37.3 Å². The molecule has 0 unspecified atom stereocenters. The van der Waals surface area contributed by atoms with Gasteiger partial charge in [-0.15, -0.1) is 0 Å². The molecule has 0 heterocycles. The van der Waals surface area contributed by atoms with Crippen LogP contribution in [0.5, 0.6) is 0 Å². The lowest BCUT2D eigenvalue weighted by Crippen LogP contribution is -2.44. The quantitative estimate of drug-likeness (QED) is 0.392. The third-order valence-electron chi connectivity index (χ3n) is 6.48. The van der Waals surface area contributed by atoms with Crippen molar-refractivity contribution in [2.75, 3.05) is 6.61 Å². The minimum atomic E-state index is -4.31. The Hall–Kier alpha value is -2.74. The van der Waals surface area contributed by atoms with Gasteiger partial charge in [0.25, 0.3) is 0 Å². The number of rotatable bonds is 8. The summed E-state index contributed by atoms with van der Waals surface area (Å²) in [4.78, 5) is -0.0359. The zero-order chi connectivity index (χ0) is 24.4. The molecule has 0 saturated heterocycles. The van der Waals surface area contributed by atoms with Gasteiger partial charge in [0.15, 0.2) is 23.8 Å². The summed E-state index contributed by atoms with van der Waals surface area (Å²) >= 11 is 0. The topological polar surface area (TPSA) is 77.5 Å². The van der Waals surface area contributed by atoms with Crippen molar-refractivity contribution in [3.63, 3.8) is 0 Å². The van der Waals surface area contributed by atoms with Crippen LogP contribution in [-0.2, 0) is 24.4 Å². The first kappa shape index (κ1) is 24.4. The Labute approximate surface area is 201 Å². The zero-order valence-electron chi connectivity index (χ0n) is 19.0. The molecular weight excluding hydrogens is 468 g/mol.